The first-order chi connectivity index (χ1) is 14.0. The first-order valence-electron chi connectivity index (χ1n) is 9.28. The van der Waals surface area contributed by atoms with Gasteiger partial charge in [-0.1, -0.05) is 54.1 Å². The first-order valence-corrected chi connectivity index (χ1v) is 9.66. The largest absolute Gasteiger partial charge is 0.491 e. The molecule has 1 heterocycles. The van der Waals surface area contributed by atoms with Crippen LogP contribution in [0.1, 0.15) is 28.4 Å². The van der Waals surface area contributed by atoms with Gasteiger partial charge in [0, 0.05) is 11.4 Å². The average molecular weight is 407 g/mol. The van der Waals surface area contributed by atoms with Crippen molar-refractivity contribution in [3.8, 4) is 5.75 Å². The van der Waals surface area contributed by atoms with Crippen molar-refractivity contribution < 1.29 is 14.4 Å². The zero-order valence-electron chi connectivity index (χ0n) is 15.6. The van der Waals surface area contributed by atoms with E-state index < -0.39 is 7.12 Å². The molecule has 0 saturated heterocycles. The molecule has 0 radical (unpaired) electrons. The van der Waals surface area contributed by atoms with Crippen LogP contribution >= 0.6 is 11.6 Å². The Morgan fingerprint density at radius 2 is 2.00 bits per heavy atom. The number of fused-ring (bicyclic) bond motifs is 1. The summed E-state index contributed by atoms with van der Waals surface area (Å²) < 4.78 is 11.8. The summed E-state index contributed by atoms with van der Waals surface area (Å²) in [6.45, 7) is 0.293. The maximum Gasteiger partial charge on any atom is 0.491 e. The molecule has 0 bridgehead atoms. The monoisotopic (exact) mass is 406 g/mol. The Kier molecular flexibility index (Phi) is 5.58. The van der Waals surface area contributed by atoms with Gasteiger partial charge in [-0.25, -0.2) is 0 Å². The Balaban J connectivity index is 1.60. The summed E-state index contributed by atoms with van der Waals surface area (Å²) >= 11 is 6.04. The zero-order chi connectivity index (χ0) is 20.4. The Morgan fingerprint density at radius 1 is 1.17 bits per heavy atom. The second-order valence-electron chi connectivity index (χ2n) is 6.97. The molecule has 0 fully saturated rings. The summed E-state index contributed by atoms with van der Waals surface area (Å²) in [4.78, 5) is 0. The van der Waals surface area contributed by atoms with Crippen molar-refractivity contribution in [2.45, 2.75) is 19.1 Å². The van der Waals surface area contributed by atoms with Gasteiger partial charge >= 0.3 is 7.12 Å². The van der Waals surface area contributed by atoms with Crippen molar-refractivity contribution in [1.82, 2.24) is 0 Å². The molecule has 0 aliphatic carbocycles. The minimum Gasteiger partial charge on any atom is -0.488 e. The third-order valence-corrected chi connectivity index (χ3v) is 5.21. The van der Waals surface area contributed by atoms with E-state index in [0.29, 0.717) is 29.4 Å². The Bertz CT molecular complexity index is 1060. The molecule has 146 valence electrons. The fourth-order valence-corrected chi connectivity index (χ4v) is 3.72. The molecule has 4 N–H and O–H groups in total. The number of halogens is 1. The van der Waals surface area contributed by atoms with Gasteiger partial charge in [-0.05, 0) is 46.4 Å². The van der Waals surface area contributed by atoms with Crippen LogP contribution in [-0.4, -0.2) is 18.0 Å². The van der Waals surface area contributed by atoms with Crippen molar-refractivity contribution in [2.24, 2.45) is 5.73 Å². The Morgan fingerprint density at radius 3 is 2.79 bits per heavy atom. The Hall–Kier alpha value is -2.80. The van der Waals surface area contributed by atoms with Gasteiger partial charge in [0.15, 0.2) is 0 Å². The molecule has 0 saturated carbocycles. The molecule has 0 aromatic heterocycles. The number of nitrogens with one attached hydrogen (secondary N) is 1. The summed E-state index contributed by atoms with van der Waals surface area (Å²) in [6, 6.07) is 20.5. The van der Waals surface area contributed by atoms with E-state index in [-0.39, 0.29) is 11.9 Å². The maximum absolute atomic E-state index is 10.4. The lowest BCUT2D eigenvalue weighted by atomic mass is 9.71. The highest BCUT2D eigenvalue weighted by molar-refractivity contribution is 6.60. The van der Waals surface area contributed by atoms with Crippen LogP contribution in [-0.2, 0) is 17.7 Å². The number of amidine groups is 1. The topological polar surface area (TPSA) is 88.6 Å². The predicted molar refractivity (Wildman–Crippen MR) is 115 cm³/mol. The second kappa shape index (κ2) is 8.29. The fraction of sp³-hybridized carbons (Fsp3) is 0.136. The summed E-state index contributed by atoms with van der Waals surface area (Å²) in [6.07, 6.45) is 0.315. The van der Waals surface area contributed by atoms with Crippen LogP contribution in [0.2, 0.25) is 5.02 Å². The Labute approximate surface area is 174 Å². The number of nitrogen functional groups attached to an aromatic ring is 1. The zero-order valence-corrected chi connectivity index (χ0v) is 16.4. The van der Waals surface area contributed by atoms with E-state index in [0.717, 1.165) is 22.2 Å². The highest BCUT2D eigenvalue weighted by Gasteiger charge is 2.31. The number of ether oxygens (including phenoxy) is 1. The molecule has 1 unspecified atom stereocenters. The van der Waals surface area contributed by atoms with Crippen LogP contribution in [0.5, 0.6) is 5.75 Å². The fourth-order valence-electron chi connectivity index (χ4n) is 3.50. The van der Waals surface area contributed by atoms with E-state index in [1.807, 2.05) is 54.6 Å². The molecule has 1 atom stereocenters. The van der Waals surface area contributed by atoms with Gasteiger partial charge in [-0.2, -0.15) is 0 Å². The van der Waals surface area contributed by atoms with Crippen LogP contribution in [0.4, 0.5) is 0 Å². The predicted octanol–water partition coefficient (Wildman–Crippen LogP) is 3.20. The summed E-state index contributed by atoms with van der Waals surface area (Å²) in [5, 5.41) is 18.8. The number of hydrogen-bond acceptors (Lipinski definition) is 4. The second-order valence-corrected chi connectivity index (χ2v) is 7.40. The molecule has 3 aromatic carbocycles. The van der Waals surface area contributed by atoms with E-state index >= 15 is 0 Å². The SMILES string of the molecule is N=C(N)c1ccc(C2Cc3ccccc3B(O)O2)cc1OCc1cccc(Cl)c1. The lowest BCUT2D eigenvalue weighted by molar-refractivity contribution is 0.167. The minimum atomic E-state index is -0.978. The summed E-state index contributed by atoms with van der Waals surface area (Å²) in [5.74, 6) is 0.416. The third kappa shape index (κ3) is 4.30. The van der Waals surface area contributed by atoms with Gasteiger partial charge in [0.25, 0.3) is 0 Å². The molecule has 29 heavy (non-hydrogen) atoms. The van der Waals surface area contributed by atoms with Gasteiger partial charge in [-0.3, -0.25) is 5.41 Å². The van der Waals surface area contributed by atoms with Crippen molar-refractivity contribution in [3.63, 3.8) is 0 Å². The van der Waals surface area contributed by atoms with Crippen molar-refractivity contribution in [3.05, 3.63) is 94.0 Å². The third-order valence-electron chi connectivity index (χ3n) is 4.97. The number of nitrogens with two attached hydrogens (primary N) is 1. The van der Waals surface area contributed by atoms with E-state index in [9.17, 15) is 5.02 Å². The molecule has 4 rings (SSSR count). The highest BCUT2D eigenvalue weighted by atomic mass is 35.5. The van der Waals surface area contributed by atoms with Crippen molar-refractivity contribution >= 4 is 30.0 Å². The number of rotatable bonds is 5. The van der Waals surface area contributed by atoms with Gasteiger partial charge in [0.05, 0.1) is 11.7 Å². The molecule has 0 amide bonds. The highest BCUT2D eigenvalue weighted by Crippen LogP contribution is 2.31. The van der Waals surface area contributed by atoms with Crippen LogP contribution in [0, 0.1) is 5.41 Å². The van der Waals surface area contributed by atoms with Gasteiger partial charge < -0.3 is 20.1 Å². The number of hydrogen-bond donors (Lipinski definition) is 3. The molecular formula is C22H20BClN2O3. The van der Waals surface area contributed by atoms with Gasteiger partial charge in [0.2, 0.25) is 0 Å². The van der Waals surface area contributed by atoms with Crippen molar-refractivity contribution in [1.29, 1.82) is 5.41 Å². The smallest absolute Gasteiger partial charge is 0.488 e. The molecule has 7 heteroatoms. The van der Waals surface area contributed by atoms with Crippen LogP contribution in [0.3, 0.4) is 0 Å². The maximum atomic E-state index is 10.4. The summed E-state index contributed by atoms with van der Waals surface area (Å²) in [5.41, 5.74) is 9.85. The average Bonchev–Trinajstić information content (AvgIpc) is 2.72. The lowest BCUT2D eigenvalue weighted by Gasteiger charge is -2.28. The quantitative estimate of drug-likeness (QED) is 0.345. The molecule has 1 aliphatic heterocycles. The van der Waals surface area contributed by atoms with E-state index in [1.165, 1.54) is 0 Å². The van der Waals surface area contributed by atoms with Gasteiger partial charge in [-0.15, -0.1) is 0 Å². The van der Waals surface area contributed by atoms with E-state index in [4.69, 9.17) is 32.1 Å². The normalized spacial score (nSPS) is 15.7. The first kappa shape index (κ1) is 19.5. The minimum absolute atomic E-state index is 0.0763. The van der Waals surface area contributed by atoms with Crippen LogP contribution < -0.4 is 15.9 Å². The van der Waals surface area contributed by atoms with E-state index in [2.05, 4.69) is 0 Å². The molecule has 3 aromatic rings. The van der Waals surface area contributed by atoms with Gasteiger partial charge in [0.1, 0.15) is 18.2 Å². The van der Waals surface area contributed by atoms with Crippen molar-refractivity contribution in [2.75, 3.05) is 0 Å². The molecular weight excluding hydrogens is 387 g/mol. The van der Waals surface area contributed by atoms with E-state index in [1.54, 1.807) is 12.1 Å². The molecule has 0 spiro atoms. The van der Waals surface area contributed by atoms with Crippen LogP contribution in [0.25, 0.3) is 0 Å². The number of benzene rings is 3. The summed E-state index contributed by atoms with van der Waals surface area (Å²) in [7, 11) is -0.978. The standard InChI is InChI=1S/C22H20BClN2O3/c24-17-6-3-4-14(10-17)13-28-21-12-16(8-9-18(21)22(25)26)20-11-15-5-1-2-7-19(15)23(27)29-20/h1-10,12,20,27H,11,13H2,(H3,25,26). The molecule has 1 aliphatic rings. The molecule has 5 nitrogen and oxygen atoms in total. The lowest BCUT2D eigenvalue weighted by Crippen LogP contribution is -2.42. The van der Waals surface area contributed by atoms with Crippen LogP contribution in [0.15, 0.2) is 66.7 Å².